The van der Waals surface area contributed by atoms with E-state index in [0.29, 0.717) is 6.42 Å². The number of esters is 2. The molecule has 0 unspecified atom stereocenters. The van der Waals surface area contributed by atoms with Crippen molar-refractivity contribution < 1.29 is 33.4 Å². The van der Waals surface area contributed by atoms with Gasteiger partial charge in [0.25, 0.3) is 0 Å². The van der Waals surface area contributed by atoms with E-state index in [1.807, 2.05) is 48.5 Å². The number of fused-ring (bicyclic) bond motifs is 3. The van der Waals surface area contributed by atoms with Crippen molar-refractivity contribution in [1.29, 1.82) is 0 Å². The van der Waals surface area contributed by atoms with Gasteiger partial charge < -0.3 is 24.8 Å². The molecule has 3 rings (SSSR count). The number of carbonyl (C=O) groups excluding carboxylic acids is 4. The normalized spacial score (nSPS) is 13.2. The van der Waals surface area contributed by atoms with Crippen LogP contribution in [0.25, 0.3) is 11.1 Å². The van der Waals surface area contributed by atoms with Gasteiger partial charge in [-0.25, -0.2) is 4.79 Å². The zero-order valence-electron chi connectivity index (χ0n) is 23.5. The fourth-order valence-corrected chi connectivity index (χ4v) is 4.51. The summed E-state index contributed by atoms with van der Waals surface area (Å²) in [5.74, 6) is -1.50. The number of amides is 2. The van der Waals surface area contributed by atoms with Crippen LogP contribution >= 0.6 is 0 Å². The lowest BCUT2D eigenvalue weighted by atomic mass is 9.98. The molecule has 9 heteroatoms. The third-order valence-electron chi connectivity index (χ3n) is 6.21. The summed E-state index contributed by atoms with van der Waals surface area (Å²) in [5, 5.41) is 5.28. The third-order valence-corrected chi connectivity index (χ3v) is 6.21. The highest BCUT2D eigenvalue weighted by Gasteiger charge is 2.30. The highest BCUT2D eigenvalue weighted by molar-refractivity contribution is 5.86. The highest BCUT2D eigenvalue weighted by atomic mass is 16.6. The van der Waals surface area contributed by atoms with Crippen LogP contribution in [0.1, 0.15) is 70.4 Å². The molecule has 0 bridgehead atoms. The van der Waals surface area contributed by atoms with E-state index in [0.717, 1.165) is 22.3 Å². The quantitative estimate of drug-likeness (QED) is 0.217. The second-order valence-corrected chi connectivity index (χ2v) is 10.5. The summed E-state index contributed by atoms with van der Waals surface area (Å²) < 4.78 is 15.8. The van der Waals surface area contributed by atoms with E-state index in [-0.39, 0.29) is 44.3 Å². The predicted molar refractivity (Wildman–Crippen MR) is 150 cm³/mol. The maximum atomic E-state index is 12.9. The number of benzene rings is 2. The van der Waals surface area contributed by atoms with Gasteiger partial charge in [-0.15, -0.1) is 0 Å². The van der Waals surface area contributed by atoms with E-state index in [2.05, 4.69) is 10.6 Å². The van der Waals surface area contributed by atoms with Crippen LogP contribution in [0.4, 0.5) is 4.79 Å². The van der Waals surface area contributed by atoms with Crippen LogP contribution in [-0.4, -0.2) is 48.7 Å². The largest absolute Gasteiger partial charge is 0.460 e. The van der Waals surface area contributed by atoms with Gasteiger partial charge in [0.05, 0.1) is 12.7 Å². The van der Waals surface area contributed by atoms with Crippen LogP contribution in [0, 0.1) is 0 Å². The van der Waals surface area contributed by atoms with Crippen molar-refractivity contribution in [3.8, 4) is 11.1 Å². The van der Waals surface area contributed by atoms with Crippen molar-refractivity contribution in [2.45, 2.75) is 70.9 Å². The molecule has 2 amide bonds. The summed E-state index contributed by atoms with van der Waals surface area (Å²) in [4.78, 5) is 49.6. The average Bonchev–Trinajstić information content (AvgIpc) is 3.22. The highest BCUT2D eigenvalue weighted by Crippen LogP contribution is 2.44. The first-order valence-electron chi connectivity index (χ1n) is 13.5. The van der Waals surface area contributed by atoms with Gasteiger partial charge in [0, 0.05) is 18.9 Å². The second kappa shape index (κ2) is 14.3. The Morgan fingerprint density at radius 1 is 0.925 bits per heavy atom. The molecular weight excluding hydrogens is 512 g/mol. The lowest BCUT2D eigenvalue weighted by Crippen LogP contribution is -2.47. The minimum absolute atomic E-state index is 0.0319. The van der Waals surface area contributed by atoms with E-state index < -0.39 is 29.6 Å². The summed E-state index contributed by atoms with van der Waals surface area (Å²) in [6.07, 6.45) is 2.64. The maximum absolute atomic E-state index is 12.9. The van der Waals surface area contributed by atoms with E-state index in [1.165, 1.54) is 6.26 Å². The number of allylic oxidation sites excluding steroid dienone is 1. The Kier molecular flexibility index (Phi) is 10.9. The van der Waals surface area contributed by atoms with Crippen molar-refractivity contribution in [3.05, 3.63) is 72.0 Å². The number of ether oxygens (including phenoxy) is 3. The molecule has 1 aliphatic carbocycles. The van der Waals surface area contributed by atoms with E-state index in [4.69, 9.17) is 14.2 Å². The van der Waals surface area contributed by atoms with Gasteiger partial charge >= 0.3 is 18.0 Å². The fraction of sp³-hybridized carbons (Fsp3) is 0.419. The van der Waals surface area contributed by atoms with E-state index in [1.54, 1.807) is 33.8 Å². The molecule has 2 N–H and O–H groups in total. The van der Waals surface area contributed by atoms with Crippen LogP contribution < -0.4 is 10.6 Å². The minimum Gasteiger partial charge on any atom is -0.460 e. The summed E-state index contributed by atoms with van der Waals surface area (Å²) in [7, 11) is 0. The van der Waals surface area contributed by atoms with Gasteiger partial charge in [-0.05, 0) is 62.8 Å². The van der Waals surface area contributed by atoms with Crippen LogP contribution in [0.3, 0.4) is 0 Å². The molecule has 0 heterocycles. The first-order valence-corrected chi connectivity index (χ1v) is 13.5. The molecule has 9 nitrogen and oxygen atoms in total. The van der Waals surface area contributed by atoms with E-state index >= 15 is 0 Å². The van der Waals surface area contributed by atoms with Gasteiger partial charge in [0.15, 0.2) is 0 Å². The summed E-state index contributed by atoms with van der Waals surface area (Å²) >= 11 is 0. The summed E-state index contributed by atoms with van der Waals surface area (Å²) in [6.45, 7) is 7.18. The van der Waals surface area contributed by atoms with Crippen molar-refractivity contribution in [3.63, 3.8) is 0 Å². The second-order valence-electron chi connectivity index (χ2n) is 10.5. The van der Waals surface area contributed by atoms with Gasteiger partial charge in [-0.2, -0.15) is 0 Å². The number of rotatable bonds is 12. The molecule has 2 aromatic carbocycles. The zero-order chi connectivity index (χ0) is 29.1. The van der Waals surface area contributed by atoms with Crippen LogP contribution in [-0.2, 0) is 28.6 Å². The van der Waals surface area contributed by atoms with Gasteiger partial charge in [0.1, 0.15) is 18.2 Å². The molecule has 0 saturated carbocycles. The molecule has 0 radical (unpaired) electrons. The Morgan fingerprint density at radius 3 is 2.15 bits per heavy atom. The topological polar surface area (TPSA) is 120 Å². The van der Waals surface area contributed by atoms with Gasteiger partial charge in [-0.3, -0.25) is 14.4 Å². The zero-order valence-corrected chi connectivity index (χ0v) is 23.5. The number of alkyl carbamates (subject to hydrolysis) is 1. The number of hydrogen-bond acceptors (Lipinski definition) is 7. The average molecular weight is 551 g/mol. The maximum Gasteiger partial charge on any atom is 0.407 e. The standard InChI is InChI=1S/C31H38N2O7/c1-5-19-38-27(34)17-18-32-29(36)26(15-10-16-28(35)40-31(2,3)4)33-30(37)39-20-25-23-13-8-6-11-21(23)22-12-7-9-14-24(22)25/h5-9,11-14,19,25-26H,10,15-18,20H2,1-4H3,(H,32,36)(H,33,37)/b19-5+/t26-/m0/s1. The molecule has 0 spiro atoms. The van der Waals surface area contributed by atoms with Crippen molar-refractivity contribution >= 4 is 23.9 Å². The number of hydrogen-bond donors (Lipinski definition) is 2. The third kappa shape index (κ3) is 8.97. The van der Waals surface area contributed by atoms with Gasteiger partial charge in [-0.1, -0.05) is 54.6 Å². The number of nitrogens with one attached hydrogen (secondary N) is 2. The Bertz CT molecular complexity index is 1190. The predicted octanol–water partition coefficient (Wildman–Crippen LogP) is 4.99. The molecule has 1 atom stereocenters. The first-order chi connectivity index (χ1) is 19.1. The molecule has 2 aromatic rings. The molecule has 0 saturated heterocycles. The Morgan fingerprint density at radius 2 is 1.55 bits per heavy atom. The van der Waals surface area contributed by atoms with E-state index in [9.17, 15) is 19.2 Å². The number of carbonyl (C=O) groups is 4. The molecule has 0 aromatic heterocycles. The Balaban J connectivity index is 1.59. The van der Waals surface area contributed by atoms with Crippen molar-refractivity contribution in [2.24, 2.45) is 0 Å². The summed E-state index contributed by atoms with van der Waals surface area (Å²) in [6, 6.07) is 15.0. The molecule has 40 heavy (non-hydrogen) atoms. The van der Waals surface area contributed by atoms with Crippen LogP contribution in [0.15, 0.2) is 60.9 Å². The lowest BCUT2D eigenvalue weighted by Gasteiger charge is -2.21. The van der Waals surface area contributed by atoms with Crippen molar-refractivity contribution in [1.82, 2.24) is 10.6 Å². The minimum atomic E-state index is -0.968. The van der Waals surface area contributed by atoms with Crippen LogP contribution in [0.5, 0.6) is 0 Å². The molecular formula is C31H38N2O7. The first kappa shape index (κ1) is 30.4. The Hall–Kier alpha value is -4.14. The lowest BCUT2D eigenvalue weighted by molar-refractivity contribution is -0.155. The molecule has 0 fully saturated rings. The van der Waals surface area contributed by atoms with Gasteiger partial charge in [0.2, 0.25) is 5.91 Å². The van der Waals surface area contributed by atoms with Crippen LogP contribution in [0.2, 0.25) is 0 Å². The Labute approximate surface area is 235 Å². The summed E-state index contributed by atoms with van der Waals surface area (Å²) in [5.41, 5.74) is 3.76. The van der Waals surface area contributed by atoms with Crippen molar-refractivity contribution in [2.75, 3.05) is 13.2 Å². The molecule has 214 valence electrons. The SMILES string of the molecule is C/C=C/OC(=O)CCNC(=O)[C@H](CCCC(=O)OC(C)(C)C)NC(=O)OCC1c2ccccc2-c2ccccc21. The fourth-order valence-electron chi connectivity index (χ4n) is 4.51. The smallest absolute Gasteiger partial charge is 0.407 e. The molecule has 0 aliphatic heterocycles. The molecule has 1 aliphatic rings. The monoisotopic (exact) mass is 550 g/mol.